The summed E-state index contributed by atoms with van der Waals surface area (Å²) < 4.78 is 33.3. The average Bonchev–Trinajstić information content (AvgIpc) is 3.37. The van der Waals surface area contributed by atoms with Crippen LogP contribution in [0.3, 0.4) is 0 Å². The number of amides is 1. The number of anilines is 1. The molecule has 0 radical (unpaired) electrons. The molecule has 0 spiro atoms. The van der Waals surface area contributed by atoms with Crippen molar-refractivity contribution < 1.29 is 17.9 Å². The van der Waals surface area contributed by atoms with Crippen LogP contribution in [0.5, 0.6) is 0 Å². The van der Waals surface area contributed by atoms with Gasteiger partial charge in [-0.3, -0.25) is 9.69 Å². The number of carbonyl (C=O) groups is 1. The molecule has 1 aromatic heterocycles. The third kappa shape index (κ3) is 5.20. The van der Waals surface area contributed by atoms with Gasteiger partial charge in [0.15, 0.2) is 5.13 Å². The van der Waals surface area contributed by atoms with Gasteiger partial charge in [-0.2, -0.15) is 4.31 Å². The van der Waals surface area contributed by atoms with Crippen LogP contribution in [0.25, 0.3) is 0 Å². The number of thiazole rings is 1. The van der Waals surface area contributed by atoms with Gasteiger partial charge in [-0.1, -0.05) is 17.7 Å². The minimum absolute atomic E-state index is 0.181. The van der Waals surface area contributed by atoms with Gasteiger partial charge >= 0.3 is 0 Å². The standard InChI is InChI=1S/C22H30N4O4S2/c1-15-6-8-19(9-7-15)32(28,29)26-10-4-5-20(26)21(27)24-22-23-18(14-31-22)13-25-11-16(2)30-17(3)12-25/h6-9,14,16-17,20H,4-5,10-13H2,1-3H3,(H,23,24,27)/t16?,17?,20-/m0/s1. The molecule has 3 atom stereocenters. The first-order chi connectivity index (χ1) is 15.2. The minimum atomic E-state index is -3.73. The number of aryl methyl sites for hydroxylation is 1. The van der Waals surface area contributed by atoms with Crippen LogP contribution in [0.4, 0.5) is 5.13 Å². The molecule has 174 valence electrons. The molecule has 0 saturated carbocycles. The molecule has 10 heteroatoms. The number of morpholine rings is 1. The molecule has 2 aromatic rings. The summed E-state index contributed by atoms with van der Waals surface area (Å²) in [6.45, 7) is 8.76. The number of carbonyl (C=O) groups excluding carboxylic acids is 1. The summed E-state index contributed by atoms with van der Waals surface area (Å²) in [7, 11) is -3.73. The van der Waals surface area contributed by atoms with E-state index in [0.717, 1.165) is 24.3 Å². The highest BCUT2D eigenvalue weighted by atomic mass is 32.2. The Balaban J connectivity index is 1.41. The fourth-order valence-electron chi connectivity index (χ4n) is 4.40. The van der Waals surface area contributed by atoms with Crippen LogP contribution >= 0.6 is 11.3 Å². The largest absolute Gasteiger partial charge is 0.373 e. The van der Waals surface area contributed by atoms with Crippen LogP contribution in [0.15, 0.2) is 34.5 Å². The van der Waals surface area contributed by atoms with E-state index in [1.54, 1.807) is 24.3 Å². The number of aromatic nitrogens is 1. The summed E-state index contributed by atoms with van der Waals surface area (Å²) in [6, 6.07) is 6.00. The van der Waals surface area contributed by atoms with Gasteiger partial charge < -0.3 is 10.1 Å². The van der Waals surface area contributed by atoms with Crippen molar-refractivity contribution in [2.24, 2.45) is 0 Å². The van der Waals surface area contributed by atoms with Crippen molar-refractivity contribution >= 4 is 32.4 Å². The van der Waals surface area contributed by atoms with Crippen LogP contribution < -0.4 is 5.32 Å². The van der Waals surface area contributed by atoms with Crippen molar-refractivity contribution in [2.75, 3.05) is 25.0 Å². The number of hydrogen-bond donors (Lipinski definition) is 1. The Bertz CT molecular complexity index is 1040. The second-order valence-corrected chi connectivity index (χ2v) is 11.4. The number of hydrogen-bond acceptors (Lipinski definition) is 7. The third-order valence-corrected chi connectivity index (χ3v) is 8.53. The number of nitrogens with one attached hydrogen (secondary N) is 1. The Morgan fingerprint density at radius 2 is 1.91 bits per heavy atom. The third-order valence-electron chi connectivity index (χ3n) is 5.80. The monoisotopic (exact) mass is 478 g/mol. The molecule has 2 saturated heterocycles. The Hall–Kier alpha value is -1.85. The van der Waals surface area contributed by atoms with Crippen LogP contribution in [0.1, 0.15) is 37.9 Å². The summed E-state index contributed by atoms with van der Waals surface area (Å²) >= 11 is 1.36. The fourth-order valence-corrected chi connectivity index (χ4v) is 6.76. The second-order valence-electron chi connectivity index (χ2n) is 8.67. The van der Waals surface area contributed by atoms with Crippen LogP contribution in [0.2, 0.25) is 0 Å². The molecular weight excluding hydrogens is 448 g/mol. The molecule has 2 unspecified atom stereocenters. The van der Waals surface area contributed by atoms with Gasteiger partial charge in [-0.15, -0.1) is 11.3 Å². The molecule has 1 aromatic carbocycles. The van der Waals surface area contributed by atoms with Gasteiger partial charge in [0.05, 0.1) is 22.8 Å². The number of ether oxygens (including phenoxy) is 1. The van der Waals surface area contributed by atoms with E-state index in [1.807, 2.05) is 12.3 Å². The van der Waals surface area contributed by atoms with Crippen molar-refractivity contribution in [3.63, 3.8) is 0 Å². The molecular formula is C22H30N4O4S2. The summed E-state index contributed by atoms with van der Waals surface area (Å²) in [5.74, 6) is -0.326. The molecule has 8 nitrogen and oxygen atoms in total. The zero-order valence-electron chi connectivity index (χ0n) is 18.7. The highest BCUT2D eigenvalue weighted by molar-refractivity contribution is 7.89. The van der Waals surface area contributed by atoms with E-state index in [9.17, 15) is 13.2 Å². The van der Waals surface area contributed by atoms with Crippen LogP contribution in [-0.2, 0) is 26.1 Å². The maximum atomic E-state index is 13.1. The van der Waals surface area contributed by atoms with Gasteiger partial charge in [-0.05, 0) is 45.7 Å². The smallest absolute Gasteiger partial charge is 0.244 e. The molecule has 2 aliphatic heterocycles. The van der Waals surface area contributed by atoms with Crippen molar-refractivity contribution in [1.82, 2.24) is 14.2 Å². The minimum Gasteiger partial charge on any atom is -0.373 e. The predicted octanol–water partition coefficient (Wildman–Crippen LogP) is 2.85. The SMILES string of the molecule is Cc1ccc(S(=O)(=O)N2CCC[C@H]2C(=O)Nc2nc(CN3CC(C)OC(C)C3)cs2)cc1. The fraction of sp³-hybridized carbons (Fsp3) is 0.545. The summed E-state index contributed by atoms with van der Waals surface area (Å²) in [4.78, 5) is 20.0. The Morgan fingerprint density at radius 3 is 2.59 bits per heavy atom. The summed E-state index contributed by atoms with van der Waals surface area (Å²) in [5.41, 5.74) is 1.88. The number of benzene rings is 1. The first-order valence-corrected chi connectivity index (χ1v) is 13.3. The van der Waals surface area contributed by atoms with Crippen molar-refractivity contribution in [2.45, 2.75) is 63.3 Å². The summed E-state index contributed by atoms with van der Waals surface area (Å²) in [5, 5.41) is 5.28. The molecule has 0 aliphatic carbocycles. The van der Waals surface area contributed by atoms with E-state index in [-0.39, 0.29) is 23.0 Å². The van der Waals surface area contributed by atoms with Crippen LogP contribution in [-0.4, -0.2) is 66.4 Å². The van der Waals surface area contributed by atoms with Gasteiger partial charge in [0, 0.05) is 31.6 Å². The molecule has 3 heterocycles. The normalized spacial score (nSPS) is 25.2. The molecule has 2 fully saturated rings. The molecule has 4 rings (SSSR count). The van der Waals surface area contributed by atoms with Gasteiger partial charge in [0.25, 0.3) is 0 Å². The van der Waals surface area contributed by atoms with E-state index in [2.05, 4.69) is 29.0 Å². The van der Waals surface area contributed by atoms with Gasteiger partial charge in [-0.25, -0.2) is 13.4 Å². The average molecular weight is 479 g/mol. The zero-order chi connectivity index (χ0) is 22.9. The van der Waals surface area contributed by atoms with Gasteiger partial charge in [0.1, 0.15) is 6.04 Å². The molecule has 0 bridgehead atoms. The Kier molecular flexibility index (Phi) is 6.97. The number of rotatable bonds is 6. The van der Waals surface area contributed by atoms with E-state index >= 15 is 0 Å². The van der Waals surface area contributed by atoms with Gasteiger partial charge in [0.2, 0.25) is 15.9 Å². The number of sulfonamides is 1. The lowest BCUT2D eigenvalue weighted by Crippen LogP contribution is -2.44. The first kappa shape index (κ1) is 23.3. The zero-order valence-corrected chi connectivity index (χ0v) is 20.3. The first-order valence-electron chi connectivity index (χ1n) is 10.9. The predicted molar refractivity (Wildman–Crippen MR) is 124 cm³/mol. The van der Waals surface area contributed by atoms with Crippen molar-refractivity contribution in [3.8, 4) is 0 Å². The lowest BCUT2D eigenvalue weighted by atomic mass is 10.2. The Labute approximate surface area is 193 Å². The lowest BCUT2D eigenvalue weighted by molar-refractivity contribution is -0.119. The molecule has 2 aliphatic rings. The maximum Gasteiger partial charge on any atom is 0.244 e. The maximum absolute atomic E-state index is 13.1. The van der Waals surface area contributed by atoms with E-state index in [4.69, 9.17) is 4.74 Å². The molecule has 32 heavy (non-hydrogen) atoms. The topological polar surface area (TPSA) is 91.8 Å². The highest BCUT2D eigenvalue weighted by Gasteiger charge is 2.39. The Morgan fingerprint density at radius 1 is 1.22 bits per heavy atom. The molecule has 1 amide bonds. The van der Waals surface area contributed by atoms with E-state index in [1.165, 1.54) is 15.6 Å². The summed E-state index contributed by atoms with van der Waals surface area (Å²) in [6.07, 6.45) is 1.51. The highest BCUT2D eigenvalue weighted by Crippen LogP contribution is 2.28. The van der Waals surface area contributed by atoms with Crippen LogP contribution in [0, 0.1) is 6.92 Å². The number of nitrogens with zero attached hydrogens (tertiary/aromatic N) is 3. The van der Waals surface area contributed by atoms with E-state index in [0.29, 0.717) is 31.1 Å². The lowest BCUT2D eigenvalue weighted by Gasteiger charge is -2.34. The van der Waals surface area contributed by atoms with Crippen molar-refractivity contribution in [1.29, 1.82) is 0 Å². The second kappa shape index (κ2) is 9.56. The van der Waals surface area contributed by atoms with Crippen molar-refractivity contribution in [3.05, 3.63) is 40.9 Å². The molecule has 1 N–H and O–H groups in total. The quantitative estimate of drug-likeness (QED) is 0.687. The van der Waals surface area contributed by atoms with E-state index < -0.39 is 16.1 Å².